The van der Waals surface area contributed by atoms with E-state index in [1.54, 1.807) is 6.08 Å². The average Bonchev–Trinajstić information content (AvgIpc) is 2.83. The van der Waals surface area contributed by atoms with Gasteiger partial charge in [-0.3, -0.25) is 4.79 Å². The zero-order valence-corrected chi connectivity index (χ0v) is 15.5. The van der Waals surface area contributed by atoms with Gasteiger partial charge in [-0.25, -0.2) is 0 Å². The van der Waals surface area contributed by atoms with Gasteiger partial charge in [-0.15, -0.1) is 0 Å². The summed E-state index contributed by atoms with van der Waals surface area (Å²) >= 11 is 0. The summed E-state index contributed by atoms with van der Waals surface area (Å²) in [5.74, 6) is 2.04. The molecule has 1 aliphatic heterocycles. The molecule has 0 spiro atoms. The molecule has 1 N–H and O–H groups in total. The van der Waals surface area contributed by atoms with Crippen molar-refractivity contribution < 1.29 is 9.90 Å². The molecule has 3 saturated carbocycles. The van der Waals surface area contributed by atoms with Crippen LogP contribution in [0.2, 0.25) is 0 Å². The number of amides is 1. The minimum atomic E-state index is -0.259. The van der Waals surface area contributed by atoms with Gasteiger partial charge in [-0.05, 0) is 68.4 Å². The molecular formula is C21H31NO2. The number of carbonyl (C=O) groups is 1. The maximum absolute atomic E-state index is 12.1. The number of likely N-dealkylation sites (N-methyl/N-ethyl adjacent to an activating group) is 1. The highest BCUT2D eigenvalue weighted by Gasteiger charge is 2.61. The lowest BCUT2D eigenvalue weighted by Crippen LogP contribution is -2.59. The fourth-order valence-electron chi connectivity index (χ4n) is 6.87. The van der Waals surface area contributed by atoms with Crippen LogP contribution in [0.4, 0.5) is 0 Å². The summed E-state index contributed by atoms with van der Waals surface area (Å²) in [7, 11) is 1.97. The van der Waals surface area contributed by atoms with E-state index in [4.69, 9.17) is 0 Å². The molecule has 0 aromatic rings. The van der Waals surface area contributed by atoms with Crippen LogP contribution in [0.25, 0.3) is 0 Å². The Balaban J connectivity index is 1.71. The van der Waals surface area contributed by atoms with E-state index in [0.29, 0.717) is 23.8 Å². The van der Waals surface area contributed by atoms with E-state index in [9.17, 15) is 9.90 Å². The zero-order chi connectivity index (χ0) is 17.3. The molecular weight excluding hydrogens is 298 g/mol. The van der Waals surface area contributed by atoms with Crippen LogP contribution in [0.3, 0.4) is 0 Å². The summed E-state index contributed by atoms with van der Waals surface area (Å²) in [6.45, 7) is 6.76. The van der Waals surface area contributed by atoms with Gasteiger partial charge in [0, 0.05) is 23.9 Å². The maximum atomic E-state index is 12.1. The van der Waals surface area contributed by atoms with Crippen LogP contribution in [0.1, 0.15) is 52.9 Å². The van der Waals surface area contributed by atoms with E-state index in [1.807, 2.05) is 11.9 Å². The van der Waals surface area contributed by atoms with Gasteiger partial charge in [0.2, 0.25) is 5.91 Å². The molecule has 1 heterocycles. The molecule has 0 bridgehead atoms. The minimum Gasteiger partial charge on any atom is -0.388 e. The fraction of sp³-hybridized carbons (Fsp3) is 0.762. The molecule has 0 aromatic heterocycles. The molecule has 4 aliphatic rings. The Bertz CT molecular complexity index is 623. The number of nitrogens with zero attached hydrogens (tertiary/aromatic N) is 1. The quantitative estimate of drug-likeness (QED) is 0.691. The third-order valence-electron chi connectivity index (χ3n) is 8.37. The van der Waals surface area contributed by atoms with Gasteiger partial charge < -0.3 is 10.0 Å². The largest absolute Gasteiger partial charge is 0.388 e. The average molecular weight is 329 g/mol. The topological polar surface area (TPSA) is 40.5 Å². The lowest BCUT2D eigenvalue weighted by molar-refractivity contribution is -0.140. The molecule has 3 nitrogen and oxygen atoms in total. The number of fused-ring (bicyclic) bond motifs is 5. The molecule has 0 radical (unpaired) electrons. The second-order valence-corrected chi connectivity index (χ2v) is 9.13. The highest BCUT2D eigenvalue weighted by atomic mass is 16.3. The first-order chi connectivity index (χ1) is 11.3. The molecule has 4 rings (SSSR count). The summed E-state index contributed by atoms with van der Waals surface area (Å²) in [6, 6.07) is 0.341. The second kappa shape index (κ2) is 5.20. The molecule has 0 unspecified atom stereocenters. The highest BCUT2D eigenvalue weighted by Crippen LogP contribution is 2.64. The number of aliphatic hydroxyl groups excluding tert-OH is 1. The van der Waals surface area contributed by atoms with Crippen molar-refractivity contribution in [3.05, 3.63) is 23.8 Å². The molecule has 7 atom stereocenters. The molecule has 24 heavy (non-hydrogen) atoms. The number of hydrogen-bond donors (Lipinski definition) is 1. The third kappa shape index (κ3) is 1.91. The third-order valence-corrected chi connectivity index (χ3v) is 8.37. The van der Waals surface area contributed by atoms with Crippen LogP contribution in [-0.4, -0.2) is 35.1 Å². The molecule has 3 heteroatoms. The van der Waals surface area contributed by atoms with Crippen molar-refractivity contribution >= 4 is 5.91 Å². The Hall–Kier alpha value is -1.09. The van der Waals surface area contributed by atoms with Gasteiger partial charge in [0.25, 0.3) is 0 Å². The van der Waals surface area contributed by atoms with Crippen LogP contribution in [0, 0.1) is 28.6 Å². The molecule has 0 saturated heterocycles. The van der Waals surface area contributed by atoms with E-state index in [2.05, 4.69) is 32.9 Å². The standard InChI is InChI=1S/C21H31NO2/c1-5-13-12-16-14-6-7-17-20(2,11-9-18(23)22(17)4)15(14)8-10-21(16,3)19(13)24/h5,9,11,14-17,19,24H,6-8,10,12H2,1-4H3/b13-5-/t14-,15+,16+,17-,19+,20-,21+/m1/s1. The first kappa shape index (κ1) is 16.4. The summed E-state index contributed by atoms with van der Waals surface area (Å²) in [5.41, 5.74) is 1.39. The van der Waals surface area contributed by atoms with E-state index in [0.717, 1.165) is 19.3 Å². The minimum absolute atomic E-state index is 0.0479. The summed E-state index contributed by atoms with van der Waals surface area (Å²) in [6.07, 6.45) is 11.5. The number of carbonyl (C=O) groups excluding carboxylic acids is 1. The predicted octanol–water partition coefficient (Wildman–Crippen LogP) is 3.54. The first-order valence-corrected chi connectivity index (χ1v) is 9.62. The lowest BCUT2D eigenvalue weighted by atomic mass is 9.48. The van der Waals surface area contributed by atoms with Gasteiger partial charge in [-0.2, -0.15) is 0 Å². The van der Waals surface area contributed by atoms with Crippen molar-refractivity contribution in [3.63, 3.8) is 0 Å². The normalized spacial score (nSPS) is 52.2. The Morgan fingerprint density at radius 3 is 2.71 bits per heavy atom. The molecule has 132 valence electrons. The summed E-state index contributed by atoms with van der Waals surface area (Å²) in [5, 5.41) is 10.9. The van der Waals surface area contributed by atoms with Gasteiger partial charge in [0.1, 0.15) is 0 Å². The van der Waals surface area contributed by atoms with Crippen LogP contribution in [-0.2, 0) is 4.79 Å². The van der Waals surface area contributed by atoms with Crippen molar-refractivity contribution in [2.24, 2.45) is 28.6 Å². The summed E-state index contributed by atoms with van der Waals surface area (Å²) < 4.78 is 0. The van der Waals surface area contributed by atoms with Crippen molar-refractivity contribution in [1.82, 2.24) is 4.90 Å². The molecule has 1 amide bonds. The molecule has 3 aliphatic carbocycles. The Kier molecular flexibility index (Phi) is 3.55. The van der Waals surface area contributed by atoms with Gasteiger partial charge in [0.05, 0.1) is 6.10 Å². The SMILES string of the molecule is C/C=C1/C[C@H]2[C@@H]3CC[C@H]4N(C)C(=O)C=C[C@]4(C)[C@H]3CC[C@]2(C)[C@H]1O. The van der Waals surface area contributed by atoms with Crippen molar-refractivity contribution in [3.8, 4) is 0 Å². The van der Waals surface area contributed by atoms with Crippen LogP contribution < -0.4 is 0 Å². The summed E-state index contributed by atoms with van der Waals surface area (Å²) in [4.78, 5) is 14.1. The van der Waals surface area contributed by atoms with E-state index in [-0.39, 0.29) is 22.8 Å². The Morgan fingerprint density at radius 1 is 1.25 bits per heavy atom. The van der Waals surface area contributed by atoms with E-state index in [1.165, 1.54) is 18.4 Å². The van der Waals surface area contributed by atoms with Gasteiger partial charge >= 0.3 is 0 Å². The Labute approximate surface area is 145 Å². The number of aliphatic hydroxyl groups is 1. The van der Waals surface area contributed by atoms with Crippen molar-refractivity contribution in [2.75, 3.05) is 7.05 Å². The predicted molar refractivity (Wildman–Crippen MR) is 95.2 cm³/mol. The van der Waals surface area contributed by atoms with E-state index >= 15 is 0 Å². The smallest absolute Gasteiger partial charge is 0.246 e. The van der Waals surface area contributed by atoms with Crippen molar-refractivity contribution in [1.29, 1.82) is 0 Å². The zero-order valence-electron chi connectivity index (χ0n) is 15.5. The van der Waals surface area contributed by atoms with Gasteiger partial charge in [-0.1, -0.05) is 26.0 Å². The second-order valence-electron chi connectivity index (χ2n) is 9.13. The first-order valence-electron chi connectivity index (χ1n) is 9.62. The molecule has 3 fully saturated rings. The van der Waals surface area contributed by atoms with Crippen molar-refractivity contribution in [2.45, 2.75) is 65.0 Å². The number of hydrogen-bond acceptors (Lipinski definition) is 2. The fourth-order valence-corrected chi connectivity index (χ4v) is 6.87. The van der Waals surface area contributed by atoms with Gasteiger partial charge in [0.15, 0.2) is 0 Å². The number of allylic oxidation sites excluding steroid dienone is 1. The number of rotatable bonds is 0. The monoisotopic (exact) mass is 329 g/mol. The molecule has 0 aromatic carbocycles. The van der Waals surface area contributed by atoms with E-state index < -0.39 is 0 Å². The van der Waals surface area contributed by atoms with Crippen LogP contribution in [0.5, 0.6) is 0 Å². The Morgan fingerprint density at radius 2 is 2.00 bits per heavy atom. The van der Waals surface area contributed by atoms with Crippen LogP contribution in [0.15, 0.2) is 23.8 Å². The lowest BCUT2D eigenvalue weighted by Gasteiger charge is -2.59. The maximum Gasteiger partial charge on any atom is 0.246 e. The van der Waals surface area contributed by atoms with Crippen LogP contribution >= 0.6 is 0 Å². The highest BCUT2D eigenvalue weighted by molar-refractivity contribution is 5.89.